The summed E-state index contributed by atoms with van der Waals surface area (Å²) in [5.41, 5.74) is 6.25. The molecule has 1 unspecified atom stereocenters. The molecule has 0 radical (unpaired) electrons. The molecule has 0 saturated heterocycles. The number of nitrogens with two attached hydrogens (primary N) is 1. The van der Waals surface area contributed by atoms with Gasteiger partial charge in [-0.2, -0.15) is 0 Å². The number of halogens is 1. The van der Waals surface area contributed by atoms with Gasteiger partial charge in [-0.05, 0) is 12.1 Å². The Balaban J connectivity index is 2.39. The Morgan fingerprint density at radius 3 is 3.00 bits per heavy atom. The molecule has 1 aromatic carbocycles. The van der Waals surface area contributed by atoms with Crippen LogP contribution in [0.1, 0.15) is 18.0 Å². The van der Waals surface area contributed by atoms with E-state index in [-0.39, 0.29) is 13.2 Å². The molecule has 0 aromatic heterocycles. The molecule has 0 amide bonds. The van der Waals surface area contributed by atoms with E-state index in [0.717, 1.165) is 0 Å². The van der Waals surface area contributed by atoms with Gasteiger partial charge in [-0.15, -0.1) is 0 Å². The van der Waals surface area contributed by atoms with Gasteiger partial charge in [0, 0.05) is 16.6 Å². The van der Waals surface area contributed by atoms with Crippen LogP contribution >= 0.6 is 11.6 Å². The molecule has 0 saturated carbocycles. The molecule has 0 fully saturated rings. The Hall–Kier alpha value is -1.46. The monoisotopic (exact) mass is 243 g/mol. The maximum atomic E-state index is 10.6. The summed E-state index contributed by atoms with van der Waals surface area (Å²) in [6, 6.07) is 2.58. The molecule has 0 aliphatic carbocycles. The highest BCUT2D eigenvalue weighted by molar-refractivity contribution is 6.31. The largest absolute Gasteiger partial charge is 0.481 e. The smallest absolute Gasteiger partial charge is 0.305 e. The normalized spacial score (nSPS) is 14.9. The van der Waals surface area contributed by atoms with Crippen LogP contribution in [-0.4, -0.2) is 17.9 Å². The minimum Gasteiger partial charge on any atom is -0.481 e. The van der Waals surface area contributed by atoms with Crippen LogP contribution in [0.3, 0.4) is 0 Å². The van der Waals surface area contributed by atoms with E-state index in [4.69, 9.17) is 31.9 Å². The summed E-state index contributed by atoms with van der Waals surface area (Å²) >= 11 is 5.98. The average Bonchev–Trinajstić information content (AvgIpc) is 2.63. The number of aliphatic carboxylic acids is 1. The van der Waals surface area contributed by atoms with Gasteiger partial charge in [-0.25, -0.2) is 0 Å². The molecular weight excluding hydrogens is 234 g/mol. The molecule has 6 heteroatoms. The maximum absolute atomic E-state index is 10.6. The third-order valence-corrected chi connectivity index (χ3v) is 2.62. The second kappa shape index (κ2) is 4.19. The average molecular weight is 244 g/mol. The van der Waals surface area contributed by atoms with Crippen molar-refractivity contribution in [2.24, 2.45) is 5.73 Å². The van der Waals surface area contributed by atoms with Crippen molar-refractivity contribution in [1.82, 2.24) is 0 Å². The number of carboxylic acid groups (broad SMARTS) is 1. The fourth-order valence-electron chi connectivity index (χ4n) is 1.61. The van der Waals surface area contributed by atoms with Crippen LogP contribution in [0.4, 0.5) is 0 Å². The van der Waals surface area contributed by atoms with E-state index in [2.05, 4.69) is 0 Å². The van der Waals surface area contributed by atoms with Gasteiger partial charge in [-0.3, -0.25) is 4.79 Å². The van der Waals surface area contributed by atoms with E-state index < -0.39 is 12.0 Å². The lowest BCUT2D eigenvalue weighted by Crippen LogP contribution is -2.16. The Morgan fingerprint density at radius 1 is 1.56 bits per heavy atom. The number of rotatable bonds is 3. The van der Waals surface area contributed by atoms with E-state index in [0.29, 0.717) is 22.1 Å². The molecule has 2 rings (SSSR count). The second-order valence-corrected chi connectivity index (χ2v) is 3.81. The highest BCUT2D eigenvalue weighted by Crippen LogP contribution is 2.42. The predicted octanol–water partition coefficient (Wildman–Crippen LogP) is 1.54. The van der Waals surface area contributed by atoms with Crippen molar-refractivity contribution in [1.29, 1.82) is 0 Å². The van der Waals surface area contributed by atoms with Crippen LogP contribution in [-0.2, 0) is 4.79 Å². The van der Waals surface area contributed by atoms with Gasteiger partial charge in [0.25, 0.3) is 0 Å². The van der Waals surface area contributed by atoms with Crippen molar-refractivity contribution < 1.29 is 19.4 Å². The predicted molar refractivity (Wildman–Crippen MR) is 56.8 cm³/mol. The van der Waals surface area contributed by atoms with E-state index in [1.165, 1.54) is 0 Å². The van der Waals surface area contributed by atoms with Gasteiger partial charge in [0.1, 0.15) is 0 Å². The molecule has 3 N–H and O–H groups in total. The Morgan fingerprint density at radius 2 is 2.31 bits per heavy atom. The van der Waals surface area contributed by atoms with Crippen molar-refractivity contribution >= 4 is 17.6 Å². The van der Waals surface area contributed by atoms with E-state index in [9.17, 15) is 4.79 Å². The van der Waals surface area contributed by atoms with Gasteiger partial charge in [0.2, 0.25) is 6.79 Å². The molecule has 1 aliphatic rings. The zero-order chi connectivity index (χ0) is 11.7. The lowest BCUT2D eigenvalue weighted by molar-refractivity contribution is -0.137. The van der Waals surface area contributed by atoms with Crippen molar-refractivity contribution in [2.45, 2.75) is 12.5 Å². The fourth-order valence-corrected chi connectivity index (χ4v) is 1.89. The summed E-state index contributed by atoms with van der Waals surface area (Å²) in [4.78, 5) is 10.6. The van der Waals surface area contributed by atoms with E-state index in [1.54, 1.807) is 12.1 Å². The Bertz CT molecular complexity index is 435. The number of carbonyl (C=O) groups is 1. The third-order valence-electron chi connectivity index (χ3n) is 2.29. The number of benzene rings is 1. The topological polar surface area (TPSA) is 81.8 Å². The van der Waals surface area contributed by atoms with Crippen LogP contribution in [0.25, 0.3) is 0 Å². The third kappa shape index (κ3) is 1.91. The van der Waals surface area contributed by atoms with Crippen LogP contribution in [0.2, 0.25) is 5.02 Å². The zero-order valence-electron chi connectivity index (χ0n) is 8.27. The number of hydrogen-bond donors (Lipinski definition) is 2. The number of hydrogen-bond acceptors (Lipinski definition) is 4. The molecule has 16 heavy (non-hydrogen) atoms. The summed E-state index contributed by atoms with van der Waals surface area (Å²) < 4.78 is 10.4. The molecule has 1 atom stereocenters. The molecule has 0 bridgehead atoms. The Labute approximate surface area is 96.7 Å². The molecular formula is C10H10ClNO4. The minimum absolute atomic E-state index is 0.0997. The summed E-state index contributed by atoms with van der Waals surface area (Å²) in [5, 5.41) is 9.08. The van der Waals surface area contributed by atoms with Crippen molar-refractivity contribution in [3.8, 4) is 11.5 Å². The van der Waals surface area contributed by atoms with Gasteiger partial charge in [-0.1, -0.05) is 11.6 Å². The first-order valence-corrected chi connectivity index (χ1v) is 5.02. The van der Waals surface area contributed by atoms with Crippen LogP contribution in [0.5, 0.6) is 11.5 Å². The minimum atomic E-state index is -0.986. The first-order chi connectivity index (χ1) is 7.59. The number of ether oxygens (including phenoxy) is 2. The van der Waals surface area contributed by atoms with Crippen LogP contribution in [0, 0.1) is 0 Å². The van der Waals surface area contributed by atoms with Crippen molar-refractivity contribution in [3.63, 3.8) is 0 Å². The van der Waals surface area contributed by atoms with Gasteiger partial charge in [0.05, 0.1) is 6.42 Å². The van der Waals surface area contributed by atoms with Crippen LogP contribution < -0.4 is 15.2 Å². The van der Waals surface area contributed by atoms with Gasteiger partial charge in [0.15, 0.2) is 11.5 Å². The lowest BCUT2D eigenvalue weighted by Gasteiger charge is -2.13. The van der Waals surface area contributed by atoms with Gasteiger partial charge >= 0.3 is 5.97 Å². The molecule has 1 heterocycles. The number of carboxylic acids is 1. The molecule has 0 spiro atoms. The van der Waals surface area contributed by atoms with E-state index >= 15 is 0 Å². The second-order valence-electron chi connectivity index (χ2n) is 3.40. The highest BCUT2D eigenvalue weighted by Gasteiger charge is 2.25. The summed E-state index contributed by atoms with van der Waals surface area (Å²) in [7, 11) is 0. The Kier molecular flexibility index (Phi) is 2.89. The zero-order valence-corrected chi connectivity index (χ0v) is 9.03. The summed E-state index contributed by atoms with van der Waals surface area (Å²) in [5.74, 6) is 0.00146. The van der Waals surface area contributed by atoms with Gasteiger partial charge < -0.3 is 20.3 Å². The summed E-state index contributed by atoms with van der Waals surface area (Å²) in [6.07, 6.45) is -0.209. The molecule has 86 valence electrons. The first kappa shape index (κ1) is 11.0. The van der Waals surface area contributed by atoms with Crippen molar-refractivity contribution in [2.75, 3.05) is 6.79 Å². The highest BCUT2D eigenvalue weighted by atomic mass is 35.5. The molecule has 1 aliphatic heterocycles. The first-order valence-electron chi connectivity index (χ1n) is 4.65. The quantitative estimate of drug-likeness (QED) is 0.842. The van der Waals surface area contributed by atoms with E-state index in [1.807, 2.05) is 0 Å². The molecule has 1 aromatic rings. The van der Waals surface area contributed by atoms with Crippen LogP contribution in [0.15, 0.2) is 12.1 Å². The standard InChI is InChI=1S/C10H10ClNO4/c11-5-1-2-7-10(16-4-15-7)9(5)6(12)3-8(13)14/h1-2,6H,3-4,12H2,(H,13,14). The SMILES string of the molecule is NC(CC(=O)O)c1c(Cl)ccc2c1OCO2. The fraction of sp³-hybridized carbons (Fsp3) is 0.300. The molecule has 5 nitrogen and oxygen atoms in total. The summed E-state index contributed by atoms with van der Waals surface area (Å²) in [6.45, 7) is 0.0997. The van der Waals surface area contributed by atoms with Crippen molar-refractivity contribution in [3.05, 3.63) is 22.7 Å². The number of fused-ring (bicyclic) bond motifs is 1. The maximum Gasteiger partial charge on any atom is 0.305 e. The lowest BCUT2D eigenvalue weighted by atomic mass is 10.0.